The van der Waals surface area contributed by atoms with Crippen LogP contribution in [0.4, 0.5) is 9.18 Å². The van der Waals surface area contributed by atoms with Gasteiger partial charge in [-0.2, -0.15) is 4.99 Å². The molecule has 0 fully saturated rings. The minimum absolute atomic E-state index is 0.118. The number of hydrogen-bond acceptors (Lipinski definition) is 2. The number of amides is 1. The van der Waals surface area contributed by atoms with Gasteiger partial charge < -0.3 is 4.74 Å². The third kappa shape index (κ3) is 2.41. The van der Waals surface area contributed by atoms with Gasteiger partial charge in [0.1, 0.15) is 18.1 Å². The first-order valence-corrected chi connectivity index (χ1v) is 4.26. The fourth-order valence-corrected chi connectivity index (χ4v) is 1.05. The van der Waals surface area contributed by atoms with Crippen LogP contribution in [0.15, 0.2) is 29.3 Å². The molecule has 1 aromatic rings. The number of aliphatic imine (C=N–C) groups is 1. The lowest BCUT2D eigenvalue weighted by atomic mass is 10.2. The largest absolute Gasteiger partial charge is 0.441 e. The standard InChI is InChI=1S/C11H6FNO2/c12-9-4-1-8(2-5-9)3-6-10-7-15-11(14)13-10/h1-2,4-5H,7H2. The average molecular weight is 203 g/mol. The van der Waals surface area contributed by atoms with Crippen molar-refractivity contribution in [3.05, 3.63) is 35.6 Å². The SMILES string of the molecule is O=C1N=C(C#Cc2ccc(F)cc2)CO1. The molecule has 0 N–H and O–H groups in total. The topological polar surface area (TPSA) is 38.7 Å². The quantitative estimate of drug-likeness (QED) is 0.603. The number of hydrogen-bond donors (Lipinski definition) is 0. The van der Waals surface area contributed by atoms with E-state index in [1.807, 2.05) is 0 Å². The number of ether oxygens (including phenoxy) is 1. The lowest BCUT2D eigenvalue weighted by Gasteiger charge is -1.88. The van der Waals surface area contributed by atoms with Gasteiger partial charge in [-0.05, 0) is 30.2 Å². The molecule has 74 valence electrons. The van der Waals surface area contributed by atoms with E-state index in [1.165, 1.54) is 12.1 Å². The van der Waals surface area contributed by atoms with Crippen molar-refractivity contribution in [3.8, 4) is 11.8 Å². The van der Waals surface area contributed by atoms with E-state index in [9.17, 15) is 9.18 Å². The number of carbonyl (C=O) groups is 1. The Balaban J connectivity index is 2.15. The zero-order valence-electron chi connectivity index (χ0n) is 7.66. The molecule has 1 amide bonds. The minimum Gasteiger partial charge on any atom is -0.441 e. The van der Waals surface area contributed by atoms with Crippen molar-refractivity contribution in [2.45, 2.75) is 0 Å². The van der Waals surface area contributed by atoms with Crippen LogP contribution in [0, 0.1) is 17.7 Å². The fourth-order valence-electron chi connectivity index (χ4n) is 1.05. The molecule has 4 heteroatoms. The molecule has 1 heterocycles. The van der Waals surface area contributed by atoms with E-state index in [0.717, 1.165) is 0 Å². The number of cyclic esters (lactones) is 1. The molecule has 1 aliphatic rings. The molecular formula is C11H6FNO2. The maximum atomic E-state index is 12.5. The van der Waals surface area contributed by atoms with Crippen LogP contribution in [0.25, 0.3) is 0 Å². The van der Waals surface area contributed by atoms with Crippen molar-refractivity contribution >= 4 is 11.8 Å². The zero-order valence-corrected chi connectivity index (χ0v) is 7.66. The summed E-state index contributed by atoms with van der Waals surface area (Å²) in [4.78, 5) is 14.1. The van der Waals surface area contributed by atoms with Gasteiger partial charge >= 0.3 is 6.09 Å². The highest BCUT2D eigenvalue weighted by Crippen LogP contribution is 2.01. The molecule has 0 saturated heterocycles. The first kappa shape index (κ1) is 9.41. The second kappa shape index (κ2) is 3.93. The first-order valence-electron chi connectivity index (χ1n) is 4.26. The summed E-state index contributed by atoms with van der Waals surface area (Å²) in [6.07, 6.45) is -0.613. The Hall–Kier alpha value is -2.15. The van der Waals surface area contributed by atoms with Gasteiger partial charge in [-0.3, -0.25) is 0 Å². The minimum atomic E-state index is -0.613. The second-order valence-corrected chi connectivity index (χ2v) is 2.87. The number of halogens is 1. The summed E-state index contributed by atoms with van der Waals surface area (Å²) in [7, 11) is 0. The van der Waals surface area contributed by atoms with Crippen molar-refractivity contribution in [1.82, 2.24) is 0 Å². The van der Waals surface area contributed by atoms with Gasteiger partial charge in [-0.15, -0.1) is 0 Å². The van der Waals surface area contributed by atoms with E-state index in [1.54, 1.807) is 12.1 Å². The molecule has 0 saturated carbocycles. The molecule has 3 nitrogen and oxygen atoms in total. The third-order valence-corrected chi connectivity index (χ3v) is 1.75. The Labute approximate surface area is 85.6 Å². The number of rotatable bonds is 0. The molecule has 2 rings (SSSR count). The lowest BCUT2D eigenvalue weighted by molar-refractivity contribution is 0.181. The predicted octanol–water partition coefficient (Wildman–Crippen LogP) is 1.77. The molecule has 0 aromatic heterocycles. The molecule has 0 unspecified atom stereocenters. The second-order valence-electron chi connectivity index (χ2n) is 2.87. The highest BCUT2D eigenvalue weighted by atomic mass is 19.1. The molecule has 0 bridgehead atoms. The lowest BCUT2D eigenvalue weighted by Crippen LogP contribution is -1.96. The molecule has 0 radical (unpaired) electrons. The summed E-state index contributed by atoms with van der Waals surface area (Å²) >= 11 is 0. The van der Waals surface area contributed by atoms with Crippen molar-refractivity contribution in [1.29, 1.82) is 0 Å². The Morgan fingerprint density at radius 2 is 2.00 bits per heavy atom. The molecule has 1 aliphatic heterocycles. The van der Waals surface area contributed by atoms with E-state index in [0.29, 0.717) is 11.3 Å². The van der Waals surface area contributed by atoms with Crippen molar-refractivity contribution in [3.63, 3.8) is 0 Å². The molecule has 0 spiro atoms. The van der Waals surface area contributed by atoms with E-state index in [4.69, 9.17) is 0 Å². The van der Waals surface area contributed by atoms with Crippen molar-refractivity contribution in [2.75, 3.05) is 6.61 Å². The first-order chi connectivity index (χ1) is 7.24. The third-order valence-electron chi connectivity index (χ3n) is 1.75. The van der Waals surface area contributed by atoms with E-state index in [2.05, 4.69) is 21.6 Å². The van der Waals surface area contributed by atoms with Gasteiger partial charge in [0.15, 0.2) is 0 Å². The Morgan fingerprint density at radius 3 is 2.60 bits per heavy atom. The van der Waals surface area contributed by atoms with Gasteiger partial charge in [0.25, 0.3) is 0 Å². The summed E-state index contributed by atoms with van der Waals surface area (Å²) < 4.78 is 17.1. The van der Waals surface area contributed by atoms with Crippen molar-refractivity contribution < 1.29 is 13.9 Å². The van der Waals surface area contributed by atoms with Crippen LogP contribution in [-0.4, -0.2) is 18.4 Å². The predicted molar refractivity (Wildman–Crippen MR) is 52.1 cm³/mol. The van der Waals surface area contributed by atoms with Crippen LogP contribution in [0.5, 0.6) is 0 Å². The van der Waals surface area contributed by atoms with Gasteiger partial charge in [-0.25, -0.2) is 9.18 Å². The highest BCUT2D eigenvalue weighted by molar-refractivity contribution is 6.09. The van der Waals surface area contributed by atoms with Gasteiger partial charge in [0.05, 0.1) is 0 Å². The van der Waals surface area contributed by atoms with Crippen LogP contribution in [0.1, 0.15) is 5.56 Å². The monoisotopic (exact) mass is 203 g/mol. The summed E-state index contributed by atoms with van der Waals surface area (Å²) in [5.74, 6) is 5.13. The maximum absolute atomic E-state index is 12.5. The van der Waals surface area contributed by atoms with E-state index in [-0.39, 0.29) is 12.4 Å². The normalized spacial score (nSPS) is 13.9. The number of benzene rings is 1. The van der Waals surface area contributed by atoms with E-state index >= 15 is 0 Å². The Bertz CT molecular complexity index is 480. The Kier molecular flexibility index (Phi) is 2.46. The van der Waals surface area contributed by atoms with Crippen LogP contribution in [-0.2, 0) is 4.74 Å². The van der Waals surface area contributed by atoms with Crippen LogP contribution < -0.4 is 0 Å². The summed E-state index contributed by atoms with van der Waals surface area (Å²) in [5, 5.41) is 0. The van der Waals surface area contributed by atoms with Gasteiger partial charge in [-0.1, -0.05) is 5.92 Å². The van der Waals surface area contributed by atoms with Crippen LogP contribution >= 0.6 is 0 Å². The summed E-state index contributed by atoms with van der Waals surface area (Å²) in [5.41, 5.74) is 1.06. The van der Waals surface area contributed by atoms with E-state index < -0.39 is 6.09 Å². The van der Waals surface area contributed by atoms with Crippen LogP contribution in [0.3, 0.4) is 0 Å². The summed E-state index contributed by atoms with van der Waals surface area (Å²) in [6.45, 7) is 0.118. The molecular weight excluding hydrogens is 197 g/mol. The van der Waals surface area contributed by atoms with Gasteiger partial charge in [0.2, 0.25) is 0 Å². The molecule has 0 aliphatic carbocycles. The molecule has 0 atom stereocenters. The zero-order chi connectivity index (χ0) is 10.7. The maximum Gasteiger partial charge on any atom is 0.434 e. The fraction of sp³-hybridized carbons (Fsp3) is 0.0909. The van der Waals surface area contributed by atoms with Crippen LogP contribution in [0.2, 0.25) is 0 Å². The molecule has 15 heavy (non-hydrogen) atoms. The number of nitrogens with zero attached hydrogens (tertiary/aromatic N) is 1. The van der Waals surface area contributed by atoms with Gasteiger partial charge in [0, 0.05) is 5.56 Å². The smallest absolute Gasteiger partial charge is 0.434 e. The highest BCUT2D eigenvalue weighted by Gasteiger charge is 2.11. The van der Waals surface area contributed by atoms with Crippen molar-refractivity contribution in [2.24, 2.45) is 4.99 Å². The summed E-state index contributed by atoms with van der Waals surface area (Å²) in [6, 6.07) is 5.76. The average Bonchev–Trinajstić information content (AvgIpc) is 2.64. The molecule has 1 aromatic carbocycles. The number of carbonyl (C=O) groups excluding carboxylic acids is 1. The Morgan fingerprint density at radius 1 is 1.27 bits per heavy atom.